The fourth-order valence-corrected chi connectivity index (χ4v) is 2.03. The number of methoxy groups -OCH3 is 1. The number of anilines is 1. The van der Waals surface area contributed by atoms with E-state index in [2.05, 4.69) is 5.32 Å². The summed E-state index contributed by atoms with van der Waals surface area (Å²) in [5.74, 6) is -0.513. The Morgan fingerprint density at radius 1 is 1.17 bits per heavy atom. The van der Waals surface area contributed by atoms with Crippen molar-refractivity contribution in [3.8, 4) is 0 Å². The molecule has 0 aliphatic carbocycles. The van der Waals surface area contributed by atoms with Crippen LogP contribution in [0, 0.1) is 0 Å². The van der Waals surface area contributed by atoms with Crippen LogP contribution in [-0.2, 0) is 20.5 Å². The van der Waals surface area contributed by atoms with E-state index in [9.17, 15) is 22.8 Å². The summed E-state index contributed by atoms with van der Waals surface area (Å²) in [5.41, 5.74) is -0.497. The number of ether oxygens (including phenoxy) is 1. The van der Waals surface area contributed by atoms with Crippen LogP contribution in [0.25, 0.3) is 0 Å². The molecule has 1 N–H and O–H groups in total. The van der Waals surface area contributed by atoms with Crippen LogP contribution in [0.3, 0.4) is 0 Å². The normalized spacial score (nSPS) is 11.2. The van der Waals surface area contributed by atoms with Gasteiger partial charge in [0.25, 0.3) is 0 Å². The molecule has 0 atom stereocenters. The number of benzene rings is 1. The highest BCUT2D eigenvalue weighted by Gasteiger charge is 2.29. The van der Waals surface area contributed by atoms with Crippen LogP contribution >= 0.6 is 0 Å². The zero-order chi connectivity index (χ0) is 18.2. The molecule has 0 bridgehead atoms. The van der Waals surface area contributed by atoms with Gasteiger partial charge in [-0.3, -0.25) is 9.59 Å². The van der Waals surface area contributed by atoms with E-state index in [1.807, 2.05) is 0 Å². The van der Waals surface area contributed by atoms with Crippen molar-refractivity contribution in [1.82, 2.24) is 4.90 Å². The van der Waals surface area contributed by atoms with Gasteiger partial charge in [-0.15, -0.1) is 0 Å². The molecule has 0 fully saturated rings. The van der Waals surface area contributed by atoms with E-state index in [0.29, 0.717) is 19.6 Å². The predicted molar refractivity (Wildman–Crippen MR) is 83.4 cm³/mol. The first-order valence-electron chi connectivity index (χ1n) is 7.45. The Kier molecular flexibility index (Phi) is 7.70. The second kappa shape index (κ2) is 9.27. The highest BCUT2D eigenvalue weighted by molar-refractivity contribution is 5.91. The number of hydrogen-bond acceptors (Lipinski definition) is 3. The van der Waals surface area contributed by atoms with Gasteiger partial charge in [0.15, 0.2) is 0 Å². The van der Waals surface area contributed by atoms with E-state index in [1.165, 1.54) is 24.0 Å². The van der Waals surface area contributed by atoms with E-state index < -0.39 is 11.7 Å². The first kappa shape index (κ1) is 20.0. The van der Waals surface area contributed by atoms with Crippen molar-refractivity contribution in [1.29, 1.82) is 0 Å². The largest absolute Gasteiger partial charge is 0.416 e. The Balaban J connectivity index is 2.48. The van der Waals surface area contributed by atoms with E-state index in [0.717, 1.165) is 12.1 Å². The van der Waals surface area contributed by atoms with Crippen LogP contribution in [0.5, 0.6) is 0 Å². The number of carbonyl (C=O) groups excluding carboxylic acids is 2. The number of nitrogens with one attached hydrogen (secondary N) is 1. The lowest BCUT2D eigenvalue weighted by molar-refractivity contribution is -0.137. The number of halogens is 3. The SMILES string of the molecule is COCCCN(CCC(=O)Nc1ccc(C(F)(F)F)cc1)C(C)=O. The molecule has 8 heteroatoms. The zero-order valence-corrected chi connectivity index (χ0v) is 13.7. The van der Waals surface area contributed by atoms with Crippen molar-refractivity contribution >= 4 is 17.5 Å². The standard InChI is InChI=1S/C16H21F3N2O3/c1-12(22)21(9-3-11-24-2)10-8-15(23)20-14-6-4-13(5-7-14)16(17,18)19/h4-7H,3,8-11H2,1-2H3,(H,20,23). The van der Waals surface area contributed by atoms with Gasteiger partial charge < -0.3 is 15.0 Å². The molecule has 0 heterocycles. The number of carbonyl (C=O) groups is 2. The fourth-order valence-electron chi connectivity index (χ4n) is 2.03. The third kappa shape index (κ3) is 6.99. The minimum absolute atomic E-state index is 0.0631. The van der Waals surface area contributed by atoms with Crippen molar-refractivity contribution in [2.24, 2.45) is 0 Å². The van der Waals surface area contributed by atoms with E-state index in [-0.39, 0.29) is 30.5 Å². The molecular weight excluding hydrogens is 325 g/mol. The van der Waals surface area contributed by atoms with Gasteiger partial charge in [0.05, 0.1) is 5.56 Å². The number of alkyl halides is 3. The quantitative estimate of drug-likeness (QED) is 0.737. The summed E-state index contributed by atoms with van der Waals surface area (Å²) < 4.78 is 42.3. The minimum Gasteiger partial charge on any atom is -0.385 e. The molecule has 2 amide bonds. The molecule has 0 spiro atoms. The number of hydrogen-bond donors (Lipinski definition) is 1. The van der Waals surface area contributed by atoms with E-state index in [1.54, 1.807) is 7.11 Å². The second-order valence-electron chi connectivity index (χ2n) is 5.23. The van der Waals surface area contributed by atoms with Gasteiger partial charge >= 0.3 is 6.18 Å². The average Bonchev–Trinajstić information content (AvgIpc) is 2.50. The fraction of sp³-hybridized carbons (Fsp3) is 0.500. The molecular formula is C16H21F3N2O3. The third-order valence-corrected chi connectivity index (χ3v) is 3.33. The van der Waals surface area contributed by atoms with Crippen LogP contribution in [0.15, 0.2) is 24.3 Å². The summed E-state index contributed by atoms with van der Waals surface area (Å²) in [6, 6.07) is 4.20. The summed E-state index contributed by atoms with van der Waals surface area (Å²) in [6.45, 7) is 2.66. The topological polar surface area (TPSA) is 58.6 Å². The van der Waals surface area contributed by atoms with Crippen LogP contribution in [0.4, 0.5) is 18.9 Å². The molecule has 134 valence electrons. The molecule has 1 rings (SSSR count). The Labute approximate surface area is 138 Å². The summed E-state index contributed by atoms with van der Waals surface area (Å²) in [6.07, 6.45) is -3.68. The molecule has 1 aromatic carbocycles. The Hall–Kier alpha value is -2.09. The number of nitrogens with zero attached hydrogens (tertiary/aromatic N) is 1. The van der Waals surface area contributed by atoms with Gasteiger partial charge in [0.2, 0.25) is 11.8 Å². The molecule has 0 aromatic heterocycles. The van der Waals surface area contributed by atoms with E-state index in [4.69, 9.17) is 4.74 Å². The maximum Gasteiger partial charge on any atom is 0.416 e. The first-order chi connectivity index (χ1) is 11.2. The van der Waals surface area contributed by atoms with Gasteiger partial charge in [0.1, 0.15) is 0 Å². The molecule has 0 saturated carbocycles. The maximum absolute atomic E-state index is 12.5. The van der Waals surface area contributed by atoms with Crippen LogP contribution in [0.1, 0.15) is 25.3 Å². The maximum atomic E-state index is 12.5. The van der Waals surface area contributed by atoms with Crippen molar-refractivity contribution in [2.45, 2.75) is 25.9 Å². The smallest absolute Gasteiger partial charge is 0.385 e. The second-order valence-corrected chi connectivity index (χ2v) is 5.23. The van der Waals surface area contributed by atoms with E-state index >= 15 is 0 Å². The van der Waals surface area contributed by atoms with Gasteiger partial charge in [-0.1, -0.05) is 0 Å². The van der Waals surface area contributed by atoms with Crippen molar-refractivity contribution in [3.63, 3.8) is 0 Å². The average molecular weight is 346 g/mol. The molecule has 0 aliphatic rings. The molecule has 0 unspecified atom stereocenters. The lowest BCUT2D eigenvalue weighted by atomic mass is 10.2. The Morgan fingerprint density at radius 2 is 1.79 bits per heavy atom. The summed E-state index contributed by atoms with van der Waals surface area (Å²) in [7, 11) is 1.57. The van der Waals surface area contributed by atoms with Gasteiger partial charge in [-0.25, -0.2) is 0 Å². The molecule has 0 aliphatic heterocycles. The number of amides is 2. The zero-order valence-electron chi connectivity index (χ0n) is 13.7. The lowest BCUT2D eigenvalue weighted by Crippen LogP contribution is -2.33. The first-order valence-corrected chi connectivity index (χ1v) is 7.45. The Bertz CT molecular complexity index is 544. The monoisotopic (exact) mass is 346 g/mol. The van der Waals surface area contributed by atoms with Gasteiger partial charge in [-0.2, -0.15) is 13.2 Å². The Morgan fingerprint density at radius 3 is 2.29 bits per heavy atom. The van der Waals surface area contributed by atoms with Crippen LogP contribution in [0.2, 0.25) is 0 Å². The van der Waals surface area contributed by atoms with Crippen LogP contribution < -0.4 is 5.32 Å². The molecule has 0 radical (unpaired) electrons. The third-order valence-electron chi connectivity index (χ3n) is 3.33. The lowest BCUT2D eigenvalue weighted by Gasteiger charge is -2.20. The molecule has 1 aromatic rings. The van der Waals surface area contributed by atoms with Crippen molar-refractivity contribution in [3.05, 3.63) is 29.8 Å². The highest BCUT2D eigenvalue weighted by atomic mass is 19.4. The summed E-state index contributed by atoms with van der Waals surface area (Å²) in [4.78, 5) is 24.9. The minimum atomic E-state index is -4.41. The number of rotatable bonds is 8. The van der Waals surface area contributed by atoms with Gasteiger partial charge in [0, 0.05) is 45.8 Å². The molecule has 5 nitrogen and oxygen atoms in total. The van der Waals surface area contributed by atoms with Crippen molar-refractivity contribution in [2.75, 3.05) is 32.1 Å². The van der Waals surface area contributed by atoms with Crippen LogP contribution in [-0.4, -0.2) is 43.5 Å². The highest BCUT2D eigenvalue weighted by Crippen LogP contribution is 2.29. The summed E-state index contributed by atoms with van der Waals surface area (Å²) >= 11 is 0. The predicted octanol–water partition coefficient (Wildman–Crippen LogP) is 2.92. The van der Waals surface area contributed by atoms with Gasteiger partial charge in [-0.05, 0) is 30.7 Å². The van der Waals surface area contributed by atoms with Crippen molar-refractivity contribution < 1.29 is 27.5 Å². The summed E-state index contributed by atoms with van der Waals surface area (Å²) in [5, 5.41) is 2.51. The molecule has 24 heavy (non-hydrogen) atoms. The molecule has 0 saturated heterocycles.